The van der Waals surface area contributed by atoms with Gasteiger partial charge in [-0.1, -0.05) is 80.4 Å². The molecule has 0 aromatic heterocycles. The Labute approximate surface area is 194 Å². The Morgan fingerprint density at radius 2 is 1.62 bits per heavy atom. The average molecular weight is 453 g/mol. The van der Waals surface area contributed by atoms with Gasteiger partial charge in [0, 0.05) is 0 Å². The number of thioether (sulfide) groups is 1. The van der Waals surface area contributed by atoms with Crippen LogP contribution in [0, 0.1) is 5.92 Å². The topological polar surface area (TPSA) is 69.6 Å². The van der Waals surface area contributed by atoms with E-state index in [1.807, 2.05) is 19.1 Å². The second kappa shape index (κ2) is 9.28. The highest BCUT2D eigenvalue weighted by molar-refractivity contribution is 8.02. The van der Waals surface area contributed by atoms with Crippen molar-refractivity contribution in [3.8, 4) is 0 Å². The first kappa shape index (κ1) is 22.9. The minimum atomic E-state index is -1.90. The molecule has 2 aliphatic rings. The van der Waals surface area contributed by atoms with E-state index in [-0.39, 0.29) is 11.2 Å². The summed E-state index contributed by atoms with van der Waals surface area (Å²) in [6.07, 6.45) is 6.19. The molecule has 2 aromatic rings. The van der Waals surface area contributed by atoms with Crippen molar-refractivity contribution in [1.29, 1.82) is 0 Å². The highest BCUT2D eigenvalue weighted by atomic mass is 32.2. The van der Waals surface area contributed by atoms with Crippen molar-refractivity contribution in [3.63, 3.8) is 0 Å². The maximum absolute atomic E-state index is 13.7. The van der Waals surface area contributed by atoms with E-state index in [2.05, 4.69) is 12.3 Å². The van der Waals surface area contributed by atoms with Crippen molar-refractivity contribution in [2.75, 3.05) is 0 Å². The maximum Gasteiger partial charge on any atom is 0.279 e. The fourth-order valence-electron chi connectivity index (χ4n) is 5.11. The van der Waals surface area contributed by atoms with Crippen LogP contribution in [-0.2, 0) is 15.2 Å². The molecule has 2 fully saturated rings. The first-order chi connectivity index (χ1) is 15.4. The minimum absolute atomic E-state index is 0.0965. The molecule has 0 bridgehead atoms. The number of nitrogens with one attached hydrogen (secondary N) is 1. The minimum Gasteiger partial charge on any atom is -0.372 e. The number of benzene rings is 2. The highest BCUT2D eigenvalue weighted by Crippen LogP contribution is 2.51. The van der Waals surface area contributed by atoms with Gasteiger partial charge in [0.15, 0.2) is 5.60 Å². The quantitative estimate of drug-likeness (QED) is 0.672. The summed E-state index contributed by atoms with van der Waals surface area (Å²) in [6, 6.07) is 17.8. The maximum atomic E-state index is 13.7. The molecule has 2 amide bonds. The van der Waals surface area contributed by atoms with Crippen molar-refractivity contribution in [3.05, 3.63) is 71.8 Å². The van der Waals surface area contributed by atoms with Crippen molar-refractivity contribution >= 4 is 23.6 Å². The lowest BCUT2D eigenvalue weighted by molar-refractivity contribution is -0.152. The standard InChI is InChI=1S/C26H32N2O3S/c1-3-10-20-15-17-25(18-16-20)28(23(29)19(2)32-25)27-24(30)26(31,21-11-6-4-7-12-21)22-13-8-5-9-14-22/h4-9,11-14,19-20,31H,3,10,15-18H2,1-2H3,(H,27,30). The van der Waals surface area contributed by atoms with E-state index in [0.29, 0.717) is 17.0 Å². The van der Waals surface area contributed by atoms with E-state index in [0.717, 1.165) is 25.7 Å². The lowest BCUT2D eigenvalue weighted by atomic mass is 9.82. The fraction of sp³-hybridized carbons (Fsp3) is 0.462. The SMILES string of the molecule is CCCC1CCC2(CC1)SC(C)C(=O)N2NC(=O)C(O)(c1ccccc1)c1ccccc1. The van der Waals surface area contributed by atoms with E-state index in [1.165, 1.54) is 12.8 Å². The van der Waals surface area contributed by atoms with E-state index in [4.69, 9.17) is 0 Å². The third kappa shape index (κ3) is 4.06. The van der Waals surface area contributed by atoms with Crippen molar-refractivity contribution < 1.29 is 14.7 Å². The highest BCUT2D eigenvalue weighted by Gasteiger charge is 2.54. The smallest absolute Gasteiger partial charge is 0.279 e. The van der Waals surface area contributed by atoms with Gasteiger partial charge in [0.2, 0.25) is 0 Å². The van der Waals surface area contributed by atoms with E-state index >= 15 is 0 Å². The Kier molecular flexibility index (Phi) is 6.63. The predicted molar refractivity (Wildman–Crippen MR) is 128 cm³/mol. The Bertz CT molecular complexity index is 903. The molecule has 1 aliphatic heterocycles. The molecule has 4 rings (SSSR count). The molecule has 1 saturated heterocycles. The van der Waals surface area contributed by atoms with Crippen molar-refractivity contribution in [1.82, 2.24) is 10.4 Å². The largest absolute Gasteiger partial charge is 0.372 e. The number of carbonyl (C=O) groups is 2. The Balaban J connectivity index is 1.64. The van der Waals surface area contributed by atoms with Gasteiger partial charge in [-0.25, -0.2) is 5.01 Å². The van der Waals surface area contributed by atoms with Crippen LogP contribution in [0.2, 0.25) is 0 Å². The van der Waals surface area contributed by atoms with Crippen LogP contribution < -0.4 is 5.43 Å². The molecule has 2 N–H and O–H groups in total. The summed E-state index contributed by atoms with van der Waals surface area (Å²) in [7, 11) is 0. The van der Waals surface area contributed by atoms with Gasteiger partial charge in [0.05, 0.1) is 5.25 Å². The summed E-state index contributed by atoms with van der Waals surface area (Å²) in [5, 5.41) is 13.1. The van der Waals surface area contributed by atoms with Gasteiger partial charge in [-0.2, -0.15) is 0 Å². The fourth-order valence-corrected chi connectivity index (χ4v) is 6.69. The average Bonchev–Trinajstić information content (AvgIpc) is 3.05. The van der Waals surface area contributed by atoms with Crippen LogP contribution in [0.15, 0.2) is 60.7 Å². The lowest BCUT2D eigenvalue weighted by Gasteiger charge is -2.43. The number of hydrazine groups is 1. The monoisotopic (exact) mass is 452 g/mol. The van der Waals surface area contributed by atoms with Crippen molar-refractivity contribution in [2.24, 2.45) is 5.92 Å². The van der Waals surface area contributed by atoms with E-state index in [1.54, 1.807) is 65.3 Å². The van der Waals surface area contributed by atoms with Crippen LogP contribution in [0.3, 0.4) is 0 Å². The third-order valence-corrected chi connectivity index (χ3v) is 8.47. The molecule has 1 spiro atoms. The first-order valence-electron chi connectivity index (χ1n) is 11.6. The van der Waals surface area contributed by atoms with Gasteiger partial charge >= 0.3 is 0 Å². The normalized spacial score (nSPS) is 25.8. The molecule has 1 unspecified atom stereocenters. The third-order valence-electron chi connectivity index (χ3n) is 6.88. The molecular formula is C26H32N2O3S. The summed E-state index contributed by atoms with van der Waals surface area (Å²) in [5.41, 5.74) is 1.91. The number of hydrogen-bond acceptors (Lipinski definition) is 4. The van der Waals surface area contributed by atoms with E-state index < -0.39 is 16.4 Å². The molecular weight excluding hydrogens is 420 g/mol. The van der Waals surface area contributed by atoms with Crippen LogP contribution >= 0.6 is 11.8 Å². The summed E-state index contributed by atoms with van der Waals surface area (Å²) in [5.74, 6) is -0.0193. The van der Waals surface area contributed by atoms with Gasteiger partial charge < -0.3 is 5.11 Å². The molecule has 1 atom stereocenters. The Morgan fingerprint density at radius 3 is 2.12 bits per heavy atom. The summed E-state index contributed by atoms with van der Waals surface area (Å²) in [4.78, 5) is 26.4. The zero-order chi connectivity index (χ0) is 22.8. The van der Waals surface area contributed by atoms with Gasteiger partial charge in [0.25, 0.3) is 11.8 Å². The van der Waals surface area contributed by atoms with Crippen molar-refractivity contribution in [2.45, 2.75) is 68.1 Å². The number of rotatable bonds is 6. The van der Waals surface area contributed by atoms with E-state index in [9.17, 15) is 14.7 Å². The van der Waals surface area contributed by atoms with Gasteiger partial charge in [0.1, 0.15) is 4.87 Å². The molecule has 1 aliphatic carbocycles. The van der Waals surface area contributed by atoms with Crippen LogP contribution in [0.5, 0.6) is 0 Å². The summed E-state index contributed by atoms with van der Waals surface area (Å²) in [6.45, 7) is 4.11. The number of aliphatic hydroxyl groups is 1. The van der Waals surface area contributed by atoms with Crippen LogP contribution in [0.1, 0.15) is 63.5 Å². The molecule has 1 heterocycles. The number of nitrogens with zero attached hydrogens (tertiary/aromatic N) is 1. The Hall–Kier alpha value is -2.31. The summed E-state index contributed by atoms with van der Waals surface area (Å²) >= 11 is 1.65. The van der Waals surface area contributed by atoms with Gasteiger partial charge in [-0.05, 0) is 49.7 Å². The number of carbonyl (C=O) groups excluding carboxylic acids is 2. The molecule has 1 saturated carbocycles. The summed E-state index contributed by atoms with van der Waals surface area (Å²) < 4.78 is 0. The van der Waals surface area contributed by atoms with Crippen LogP contribution in [-0.4, -0.2) is 32.1 Å². The second-order valence-corrected chi connectivity index (χ2v) is 10.7. The van der Waals surface area contributed by atoms with Gasteiger partial charge in [-0.3, -0.25) is 15.0 Å². The molecule has 6 heteroatoms. The van der Waals surface area contributed by atoms with Gasteiger partial charge in [-0.15, -0.1) is 11.8 Å². The zero-order valence-electron chi connectivity index (χ0n) is 18.8. The molecule has 32 heavy (non-hydrogen) atoms. The van der Waals surface area contributed by atoms with Crippen LogP contribution in [0.25, 0.3) is 0 Å². The molecule has 170 valence electrons. The molecule has 0 radical (unpaired) electrons. The lowest BCUT2D eigenvalue weighted by Crippen LogP contribution is -2.60. The molecule has 5 nitrogen and oxygen atoms in total. The Morgan fingerprint density at radius 1 is 1.09 bits per heavy atom. The second-order valence-electron chi connectivity index (χ2n) is 9.00. The first-order valence-corrected chi connectivity index (χ1v) is 12.4. The number of amides is 2. The zero-order valence-corrected chi connectivity index (χ0v) is 19.6. The predicted octanol–water partition coefficient (Wildman–Crippen LogP) is 4.60. The van der Waals surface area contributed by atoms with Crippen LogP contribution in [0.4, 0.5) is 0 Å². The molecule has 2 aromatic carbocycles. The number of hydrogen-bond donors (Lipinski definition) is 2.